The van der Waals surface area contributed by atoms with Crippen molar-refractivity contribution >= 4 is 11.6 Å². The summed E-state index contributed by atoms with van der Waals surface area (Å²) in [5.41, 5.74) is 4.26. The summed E-state index contributed by atoms with van der Waals surface area (Å²) < 4.78 is 0. The predicted octanol–water partition coefficient (Wildman–Crippen LogP) is 8.56. The third-order valence-electron chi connectivity index (χ3n) is 9.98. The van der Waals surface area contributed by atoms with Crippen molar-refractivity contribution in [1.82, 2.24) is 0 Å². The van der Waals surface area contributed by atoms with Crippen LogP contribution in [0.25, 0.3) is 0 Å². The molecule has 0 radical (unpaired) electrons. The predicted molar refractivity (Wildman–Crippen MR) is 123 cm³/mol. The maximum Gasteiger partial charge on any atom is 0.0373 e. The molecule has 4 rings (SSSR count). The molecule has 3 saturated carbocycles. The molecule has 158 valence electrons. The Morgan fingerprint density at radius 1 is 1.14 bits per heavy atom. The van der Waals surface area contributed by atoms with Crippen LogP contribution in [-0.4, -0.2) is 5.38 Å². The lowest BCUT2D eigenvalue weighted by molar-refractivity contribution is -0.0496. The molecule has 4 aliphatic carbocycles. The minimum Gasteiger partial charge on any atom is -0.123 e. The highest BCUT2D eigenvalue weighted by Gasteiger charge is 2.58. The standard InChI is InChI=1S/C27H43Cl/c1-18(2)7-6-8-19(3)23-11-12-24-22-10-9-20-17-21(28)13-15-26(20,4)25(22)14-16-27(23,24)5/h7,9,19,21-25H,6,8,10-17H2,1-5H3/t19-,21?,22+,23-,24+,25+,26+,27-/m1/s1. The van der Waals surface area contributed by atoms with Crippen LogP contribution in [0.3, 0.4) is 0 Å². The van der Waals surface area contributed by atoms with Crippen LogP contribution in [0.2, 0.25) is 0 Å². The number of rotatable bonds is 4. The molecule has 1 unspecified atom stereocenters. The summed E-state index contributed by atoms with van der Waals surface area (Å²) in [6.45, 7) is 12.3. The molecule has 0 aromatic rings. The smallest absolute Gasteiger partial charge is 0.0373 e. The number of hydrogen-bond acceptors (Lipinski definition) is 0. The molecule has 0 heterocycles. The van der Waals surface area contributed by atoms with Gasteiger partial charge in [0.15, 0.2) is 0 Å². The van der Waals surface area contributed by atoms with Crippen LogP contribution < -0.4 is 0 Å². The highest BCUT2D eigenvalue weighted by atomic mass is 35.5. The Bertz CT molecular complexity index is 641. The van der Waals surface area contributed by atoms with Crippen LogP contribution >= 0.6 is 11.6 Å². The van der Waals surface area contributed by atoms with Gasteiger partial charge in [0.2, 0.25) is 0 Å². The van der Waals surface area contributed by atoms with Crippen molar-refractivity contribution in [2.75, 3.05) is 0 Å². The third-order valence-corrected chi connectivity index (χ3v) is 10.4. The average Bonchev–Trinajstić information content (AvgIpc) is 2.99. The Hall–Kier alpha value is -0.230. The van der Waals surface area contributed by atoms with E-state index in [1.54, 1.807) is 5.57 Å². The summed E-state index contributed by atoms with van der Waals surface area (Å²) in [5, 5.41) is 0.391. The number of alkyl halides is 1. The molecule has 4 aliphatic rings. The Morgan fingerprint density at radius 3 is 2.68 bits per heavy atom. The fourth-order valence-electron chi connectivity index (χ4n) is 8.43. The molecule has 0 nitrogen and oxygen atoms in total. The molecule has 8 atom stereocenters. The third kappa shape index (κ3) is 3.44. The van der Waals surface area contributed by atoms with Gasteiger partial charge in [0.05, 0.1) is 0 Å². The SMILES string of the molecule is CC(C)=CCC[C@@H](C)[C@H]1CC[C@H]2[C@@H]3CC=C4CC(Cl)CC[C@]4(C)[C@H]3CC[C@]12C. The first-order valence-electron chi connectivity index (χ1n) is 12.2. The lowest BCUT2D eigenvalue weighted by atomic mass is 9.47. The van der Waals surface area contributed by atoms with E-state index in [9.17, 15) is 0 Å². The van der Waals surface area contributed by atoms with Gasteiger partial charge in [-0.15, -0.1) is 11.6 Å². The van der Waals surface area contributed by atoms with E-state index >= 15 is 0 Å². The van der Waals surface area contributed by atoms with E-state index in [1.165, 1.54) is 63.4 Å². The van der Waals surface area contributed by atoms with Crippen molar-refractivity contribution in [3.8, 4) is 0 Å². The van der Waals surface area contributed by atoms with Crippen LogP contribution in [0.5, 0.6) is 0 Å². The molecule has 0 amide bonds. The number of halogens is 1. The number of hydrogen-bond donors (Lipinski definition) is 0. The van der Waals surface area contributed by atoms with Gasteiger partial charge in [0.1, 0.15) is 0 Å². The lowest BCUT2D eigenvalue weighted by Gasteiger charge is -2.58. The van der Waals surface area contributed by atoms with E-state index in [-0.39, 0.29) is 0 Å². The van der Waals surface area contributed by atoms with Gasteiger partial charge in [-0.2, -0.15) is 0 Å². The first-order chi connectivity index (χ1) is 13.3. The summed E-state index contributed by atoms with van der Waals surface area (Å²) in [6.07, 6.45) is 18.7. The van der Waals surface area contributed by atoms with Crippen molar-refractivity contribution in [2.45, 2.75) is 104 Å². The van der Waals surface area contributed by atoms with Crippen molar-refractivity contribution < 1.29 is 0 Å². The summed E-state index contributed by atoms with van der Waals surface area (Å²) in [4.78, 5) is 0. The summed E-state index contributed by atoms with van der Waals surface area (Å²) >= 11 is 6.56. The van der Waals surface area contributed by atoms with Gasteiger partial charge in [-0.05, 0) is 118 Å². The van der Waals surface area contributed by atoms with E-state index in [2.05, 4.69) is 46.8 Å². The van der Waals surface area contributed by atoms with Gasteiger partial charge in [-0.1, -0.05) is 44.1 Å². The Morgan fingerprint density at radius 2 is 1.93 bits per heavy atom. The fraction of sp³-hybridized carbons (Fsp3) is 0.852. The second-order valence-corrected chi connectivity index (χ2v) is 12.3. The normalized spacial score (nSPS) is 46.1. The van der Waals surface area contributed by atoms with Crippen LogP contribution in [0.15, 0.2) is 23.3 Å². The van der Waals surface area contributed by atoms with Crippen LogP contribution in [0.4, 0.5) is 0 Å². The minimum atomic E-state index is 0.391. The van der Waals surface area contributed by atoms with Gasteiger partial charge < -0.3 is 0 Å². The van der Waals surface area contributed by atoms with Crippen molar-refractivity contribution in [1.29, 1.82) is 0 Å². The van der Waals surface area contributed by atoms with Crippen molar-refractivity contribution in [3.63, 3.8) is 0 Å². The van der Waals surface area contributed by atoms with E-state index in [1.807, 2.05) is 0 Å². The fourth-order valence-corrected chi connectivity index (χ4v) is 8.70. The largest absolute Gasteiger partial charge is 0.123 e. The van der Waals surface area contributed by atoms with Crippen LogP contribution in [-0.2, 0) is 0 Å². The van der Waals surface area contributed by atoms with Crippen LogP contribution in [0.1, 0.15) is 98.8 Å². The van der Waals surface area contributed by atoms with E-state index < -0.39 is 0 Å². The van der Waals surface area contributed by atoms with Crippen molar-refractivity contribution in [2.24, 2.45) is 40.4 Å². The van der Waals surface area contributed by atoms with Gasteiger partial charge in [0.25, 0.3) is 0 Å². The molecule has 0 saturated heterocycles. The molecule has 0 aromatic carbocycles. The lowest BCUT2D eigenvalue weighted by Crippen LogP contribution is -2.50. The molecular weight excluding hydrogens is 360 g/mol. The molecule has 1 heteroatoms. The summed E-state index contributed by atoms with van der Waals surface area (Å²) in [5.74, 6) is 4.65. The van der Waals surface area contributed by atoms with Gasteiger partial charge in [0, 0.05) is 5.38 Å². The highest BCUT2D eigenvalue weighted by Crippen LogP contribution is 2.67. The molecule has 0 aliphatic heterocycles. The quantitative estimate of drug-likeness (QED) is 0.326. The van der Waals surface area contributed by atoms with Gasteiger partial charge >= 0.3 is 0 Å². The zero-order valence-corrected chi connectivity index (χ0v) is 19.8. The molecule has 0 N–H and O–H groups in total. The summed E-state index contributed by atoms with van der Waals surface area (Å²) in [6, 6.07) is 0. The number of fused-ring (bicyclic) bond motifs is 5. The second-order valence-electron chi connectivity index (χ2n) is 11.7. The topological polar surface area (TPSA) is 0 Å². The van der Waals surface area contributed by atoms with E-state index in [0.29, 0.717) is 16.2 Å². The molecule has 28 heavy (non-hydrogen) atoms. The molecule has 0 aromatic heterocycles. The highest BCUT2D eigenvalue weighted by molar-refractivity contribution is 6.20. The average molecular weight is 403 g/mol. The Balaban J connectivity index is 1.51. The molecule has 0 spiro atoms. The van der Waals surface area contributed by atoms with Gasteiger partial charge in [-0.25, -0.2) is 0 Å². The first-order valence-corrected chi connectivity index (χ1v) is 12.7. The zero-order valence-electron chi connectivity index (χ0n) is 19.1. The Kier molecular flexibility index (Phi) is 5.85. The monoisotopic (exact) mass is 402 g/mol. The van der Waals surface area contributed by atoms with E-state index in [0.717, 1.165) is 36.0 Å². The summed E-state index contributed by atoms with van der Waals surface area (Å²) in [7, 11) is 0. The van der Waals surface area contributed by atoms with Crippen LogP contribution in [0, 0.1) is 40.4 Å². The molecule has 0 bridgehead atoms. The molecular formula is C27H43Cl. The van der Waals surface area contributed by atoms with Crippen molar-refractivity contribution in [3.05, 3.63) is 23.3 Å². The Labute approximate surface area is 179 Å². The maximum absolute atomic E-state index is 6.56. The zero-order chi connectivity index (χ0) is 20.1. The first kappa shape index (κ1) is 21.0. The second kappa shape index (κ2) is 7.79. The maximum atomic E-state index is 6.56. The molecule has 3 fully saturated rings. The van der Waals surface area contributed by atoms with Gasteiger partial charge in [-0.3, -0.25) is 0 Å². The number of allylic oxidation sites excluding steroid dienone is 4. The van der Waals surface area contributed by atoms with E-state index in [4.69, 9.17) is 11.6 Å². The minimum absolute atomic E-state index is 0.391.